The number of nitrogens with zero attached hydrogens (tertiary/aromatic N) is 1. The van der Waals surface area contributed by atoms with E-state index < -0.39 is 36.7 Å². The second-order valence-corrected chi connectivity index (χ2v) is 8.46. The Bertz CT molecular complexity index is 864. The summed E-state index contributed by atoms with van der Waals surface area (Å²) in [6.45, 7) is 1.36. The lowest BCUT2D eigenvalue weighted by atomic mass is 9.85. The molecule has 0 aliphatic carbocycles. The lowest BCUT2D eigenvalue weighted by Crippen LogP contribution is -2.53. The third-order valence-electron chi connectivity index (χ3n) is 5.80. The smallest absolute Gasteiger partial charge is 0.387 e. The van der Waals surface area contributed by atoms with Crippen LogP contribution in [0.25, 0.3) is 0 Å². The molecular formula is C21H27F2N3O7. The number of amides is 2. The number of nitrogens with one attached hydrogen (secondary N) is 2. The molecule has 0 saturated carbocycles. The molecule has 182 valence electrons. The molecule has 10 nitrogen and oxygen atoms in total. The average molecular weight is 471 g/mol. The number of benzene rings is 1. The highest BCUT2D eigenvalue weighted by Crippen LogP contribution is 2.37. The SMILES string of the molecule is C[C@H](NC(=O)CN1CCC2(COC2)C1)C(=O)N[C@H](C(=O)O)[C@H](O)c1ccc(OC(F)F)cc1. The van der Waals surface area contributed by atoms with Crippen molar-refractivity contribution >= 4 is 17.8 Å². The van der Waals surface area contributed by atoms with Gasteiger partial charge in [-0.05, 0) is 37.6 Å². The monoisotopic (exact) mass is 471 g/mol. The van der Waals surface area contributed by atoms with Gasteiger partial charge in [-0.15, -0.1) is 0 Å². The van der Waals surface area contributed by atoms with E-state index in [0.29, 0.717) is 13.2 Å². The number of hydrogen-bond acceptors (Lipinski definition) is 7. The summed E-state index contributed by atoms with van der Waals surface area (Å²) in [5.41, 5.74) is 0.196. The van der Waals surface area contributed by atoms with Crippen LogP contribution in [0, 0.1) is 5.41 Å². The number of carbonyl (C=O) groups is 3. The molecule has 33 heavy (non-hydrogen) atoms. The van der Waals surface area contributed by atoms with Gasteiger partial charge >= 0.3 is 12.6 Å². The van der Waals surface area contributed by atoms with Gasteiger partial charge < -0.3 is 30.3 Å². The highest BCUT2D eigenvalue weighted by Gasteiger charge is 2.44. The van der Waals surface area contributed by atoms with Crippen LogP contribution in [0.1, 0.15) is 25.0 Å². The second kappa shape index (κ2) is 10.4. The number of aliphatic hydroxyl groups excluding tert-OH is 1. The largest absolute Gasteiger partial charge is 0.480 e. The van der Waals surface area contributed by atoms with E-state index in [9.17, 15) is 33.4 Å². The van der Waals surface area contributed by atoms with Crippen molar-refractivity contribution in [1.82, 2.24) is 15.5 Å². The average Bonchev–Trinajstić information content (AvgIpc) is 3.15. The molecule has 3 rings (SSSR count). The molecule has 0 aromatic heterocycles. The van der Waals surface area contributed by atoms with E-state index in [1.807, 2.05) is 4.90 Å². The topological polar surface area (TPSA) is 137 Å². The summed E-state index contributed by atoms with van der Waals surface area (Å²) in [6.07, 6.45) is -0.718. The van der Waals surface area contributed by atoms with Crippen molar-refractivity contribution in [2.45, 2.75) is 38.1 Å². The number of aliphatic carboxylic acids is 1. The van der Waals surface area contributed by atoms with E-state index in [2.05, 4.69) is 15.4 Å². The van der Waals surface area contributed by atoms with E-state index in [-0.39, 0.29) is 29.2 Å². The van der Waals surface area contributed by atoms with Crippen LogP contribution in [0.5, 0.6) is 5.75 Å². The third-order valence-corrected chi connectivity index (χ3v) is 5.80. The van der Waals surface area contributed by atoms with Gasteiger partial charge in [-0.25, -0.2) is 4.79 Å². The Morgan fingerprint density at radius 3 is 2.39 bits per heavy atom. The first-order valence-electron chi connectivity index (χ1n) is 10.4. The van der Waals surface area contributed by atoms with E-state index in [4.69, 9.17) is 4.74 Å². The van der Waals surface area contributed by atoms with Crippen LogP contribution in [0.3, 0.4) is 0 Å². The normalized spacial score (nSPS) is 20.0. The first-order chi connectivity index (χ1) is 15.6. The molecule has 1 aromatic rings. The Hall–Kier alpha value is -2.83. The molecule has 2 aliphatic heterocycles. The van der Waals surface area contributed by atoms with Gasteiger partial charge in [-0.3, -0.25) is 14.5 Å². The Morgan fingerprint density at radius 1 is 1.21 bits per heavy atom. The van der Waals surface area contributed by atoms with Crippen molar-refractivity contribution < 1.29 is 42.9 Å². The fraction of sp³-hybridized carbons (Fsp3) is 0.571. The number of halogens is 2. The standard InChI is InChI=1S/C21H27F2N3O7/c1-12(24-15(27)8-26-7-6-21(9-26)10-32-11-21)18(29)25-16(19(30)31)17(28)13-2-4-14(5-3-13)33-20(22)23/h2-5,12,16-17,20,28H,6-11H2,1H3,(H,24,27)(H,25,29)(H,30,31)/t12-,16-,17+/m0/s1. The number of carbonyl (C=O) groups excluding carboxylic acids is 2. The van der Waals surface area contributed by atoms with Crippen LogP contribution in [0.2, 0.25) is 0 Å². The van der Waals surface area contributed by atoms with Gasteiger partial charge in [0.2, 0.25) is 11.8 Å². The number of alkyl halides is 2. The molecular weight excluding hydrogens is 444 g/mol. The molecule has 2 saturated heterocycles. The minimum Gasteiger partial charge on any atom is -0.480 e. The summed E-state index contributed by atoms with van der Waals surface area (Å²) in [7, 11) is 0. The molecule has 1 aromatic carbocycles. The van der Waals surface area contributed by atoms with Crippen molar-refractivity contribution in [3.8, 4) is 5.75 Å². The molecule has 3 atom stereocenters. The number of ether oxygens (including phenoxy) is 2. The van der Waals surface area contributed by atoms with Gasteiger partial charge in [0.25, 0.3) is 0 Å². The fourth-order valence-corrected chi connectivity index (χ4v) is 3.94. The van der Waals surface area contributed by atoms with Crippen LogP contribution < -0.4 is 15.4 Å². The number of likely N-dealkylation sites (tertiary alicyclic amines) is 1. The zero-order valence-corrected chi connectivity index (χ0v) is 18.0. The van der Waals surface area contributed by atoms with Crippen LogP contribution in [0.15, 0.2) is 24.3 Å². The maximum Gasteiger partial charge on any atom is 0.387 e. The lowest BCUT2D eigenvalue weighted by molar-refractivity contribution is -0.145. The molecule has 0 unspecified atom stereocenters. The van der Waals surface area contributed by atoms with Crippen LogP contribution in [0.4, 0.5) is 8.78 Å². The summed E-state index contributed by atoms with van der Waals surface area (Å²) < 4.78 is 34.0. The first kappa shape index (κ1) is 24.8. The van der Waals surface area contributed by atoms with Gasteiger partial charge in [0.05, 0.1) is 19.8 Å². The number of aliphatic hydroxyl groups is 1. The minimum atomic E-state index is -3.03. The van der Waals surface area contributed by atoms with Crippen LogP contribution in [-0.2, 0) is 19.1 Å². The Kier molecular flexibility index (Phi) is 7.82. The first-order valence-corrected chi connectivity index (χ1v) is 10.4. The lowest BCUT2D eigenvalue weighted by Gasteiger charge is -2.37. The van der Waals surface area contributed by atoms with Gasteiger partial charge in [0.15, 0.2) is 6.04 Å². The molecule has 0 radical (unpaired) electrons. The molecule has 2 aliphatic rings. The van der Waals surface area contributed by atoms with Crippen molar-refractivity contribution in [2.24, 2.45) is 5.41 Å². The van der Waals surface area contributed by atoms with Crippen molar-refractivity contribution in [3.63, 3.8) is 0 Å². The molecule has 0 bridgehead atoms. The Morgan fingerprint density at radius 2 is 1.88 bits per heavy atom. The highest BCUT2D eigenvalue weighted by molar-refractivity contribution is 5.90. The Balaban J connectivity index is 1.52. The fourth-order valence-electron chi connectivity index (χ4n) is 3.94. The zero-order chi connectivity index (χ0) is 24.2. The van der Waals surface area contributed by atoms with Crippen molar-refractivity contribution in [3.05, 3.63) is 29.8 Å². The summed E-state index contributed by atoms with van der Waals surface area (Å²) >= 11 is 0. The summed E-state index contributed by atoms with van der Waals surface area (Å²) in [5.74, 6) is -2.84. The van der Waals surface area contributed by atoms with E-state index in [0.717, 1.165) is 31.6 Å². The number of carboxylic acids is 1. The maximum atomic E-state index is 12.5. The van der Waals surface area contributed by atoms with Gasteiger partial charge in [-0.2, -0.15) is 8.78 Å². The van der Waals surface area contributed by atoms with Gasteiger partial charge in [-0.1, -0.05) is 12.1 Å². The zero-order valence-electron chi connectivity index (χ0n) is 18.0. The predicted octanol–water partition coefficient (Wildman–Crippen LogP) is 0.118. The third kappa shape index (κ3) is 6.36. The quantitative estimate of drug-likeness (QED) is 0.378. The summed E-state index contributed by atoms with van der Waals surface area (Å²) in [4.78, 5) is 38.4. The van der Waals surface area contributed by atoms with E-state index in [1.165, 1.54) is 19.1 Å². The number of carboxylic acid groups (broad SMARTS) is 1. The van der Waals surface area contributed by atoms with Gasteiger partial charge in [0.1, 0.15) is 17.9 Å². The molecule has 1 spiro atoms. The van der Waals surface area contributed by atoms with Crippen molar-refractivity contribution in [2.75, 3.05) is 32.8 Å². The number of rotatable bonds is 10. The maximum absolute atomic E-state index is 12.5. The van der Waals surface area contributed by atoms with Gasteiger partial charge in [0, 0.05) is 12.0 Å². The van der Waals surface area contributed by atoms with E-state index in [1.54, 1.807) is 0 Å². The summed E-state index contributed by atoms with van der Waals surface area (Å²) in [5, 5.41) is 24.6. The molecule has 2 fully saturated rings. The van der Waals surface area contributed by atoms with Crippen LogP contribution in [-0.4, -0.2) is 84.4 Å². The van der Waals surface area contributed by atoms with Crippen LogP contribution >= 0.6 is 0 Å². The summed E-state index contributed by atoms with van der Waals surface area (Å²) in [6, 6.07) is 1.95. The van der Waals surface area contributed by atoms with E-state index >= 15 is 0 Å². The molecule has 2 amide bonds. The number of hydrogen-bond donors (Lipinski definition) is 4. The second-order valence-electron chi connectivity index (χ2n) is 8.46. The molecule has 12 heteroatoms. The highest BCUT2D eigenvalue weighted by atomic mass is 19.3. The Labute approximate surface area is 188 Å². The molecule has 4 N–H and O–H groups in total. The molecule has 2 heterocycles. The van der Waals surface area contributed by atoms with Crippen molar-refractivity contribution in [1.29, 1.82) is 0 Å². The predicted molar refractivity (Wildman–Crippen MR) is 110 cm³/mol. The minimum absolute atomic E-state index is 0.0731.